The average Bonchev–Trinajstić information content (AvgIpc) is 2.94. The SMILES string of the molecule is CC1CCC2=C(C1)c1c(OC(=O)CCCN3CCCCC3)cc(C(C)CCCc3ccc(F)cc3)cc1OC2(C)C. The van der Waals surface area contributed by atoms with Crippen LogP contribution < -0.4 is 9.47 Å². The molecule has 0 N–H and O–H groups in total. The number of aryl methyl sites for hydroxylation is 1. The van der Waals surface area contributed by atoms with E-state index >= 15 is 0 Å². The molecule has 222 valence electrons. The normalized spacial score (nSPS) is 21.0. The molecular formula is C36H48FNO3. The van der Waals surface area contributed by atoms with Gasteiger partial charge in [0.05, 0.1) is 5.56 Å². The molecule has 1 fully saturated rings. The lowest BCUT2D eigenvalue weighted by Gasteiger charge is -2.41. The van der Waals surface area contributed by atoms with Crippen LogP contribution in [0.2, 0.25) is 0 Å². The maximum atomic E-state index is 13.3. The third kappa shape index (κ3) is 7.41. The number of nitrogens with zero attached hydrogens (tertiary/aromatic N) is 1. The van der Waals surface area contributed by atoms with Crippen molar-refractivity contribution in [3.8, 4) is 11.5 Å². The summed E-state index contributed by atoms with van der Waals surface area (Å²) in [6, 6.07) is 11.1. The van der Waals surface area contributed by atoms with Gasteiger partial charge in [-0.25, -0.2) is 4.39 Å². The van der Waals surface area contributed by atoms with E-state index in [-0.39, 0.29) is 23.3 Å². The van der Waals surface area contributed by atoms with E-state index < -0.39 is 0 Å². The molecule has 0 aromatic heterocycles. The Balaban J connectivity index is 1.35. The van der Waals surface area contributed by atoms with Crippen LogP contribution in [0.5, 0.6) is 11.5 Å². The second kappa shape index (κ2) is 13.1. The number of hydrogen-bond acceptors (Lipinski definition) is 4. The second-order valence-corrected chi connectivity index (χ2v) is 13.2. The molecule has 2 heterocycles. The van der Waals surface area contributed by atoms with Crippen molar-refractivity contribution in [3.05, 3.63) is 64.5 Å². The number of fused-ring (bicyclic) bond motifs is 2. The van der Waals surface area contributed by atoms with Crippen LogP contribution in [-0.2, 0) is 11.2 Å². The molecule has 2 aromatic rings. The molecule has 2 unspecified atom stereocenters. The lowest BCUT2D eigenvalue weighted by molar-refractivity contribution is -0.134. The minimum absolute atomic E-state index is 0.152. The van der Waals surface area contributed by atoms with Gasteiger partial charge in [0.1, 0.15) is 22.9 Å². The summed E-state index contributed by atoms with van der Waals surface area (Å²) in [7, 11) is 0. The second-order valence-electron chi connectivity index (χ2n) is 13.2. The fourth-order valence-corrected chi connectivity index (χ4v) is 6.96. The van der Waals surface area contributed by atoms with Crippen molar-refractivity contribution in [1.82, 2.24) is 4.90 Å². The minimum Gasteiger partial charge on any atom is -0.483 e. The summed E-state index contributed by atoms with van der Waals surface area (Å²) in [6.07, 6.45) is 11.2. The topological polar surface area (TPSA) is 38.8 Å². The Labute approximate surface area is 246 Å². The Hall–Kier alpha value is -2.66. The highest BCUT2D eigenvalue weighted by molar-refractivity contribution is 5.84. The molecule has 0 saturated carbocycles. The predicted molar refractivity (Wildman–Crippen MR) is 164 cm³/mol. The molecule has 0 radical (unpaired) electrons. The van der Waals surface area contributed by atoms with Crippen LogP contribution in [0.15, 0.2) is 42.0 Å². The van der Waals surface area contributed by atoms with E-state index in [4.69, 9.17) is 9.47 Å². The van der Waals surface area contributed by atoms with Crippen LogP contribution >= 0.6 is 0 Å². The van der Waals surface area contributed by atoms with Gasteiger partial charge in [-0.2, -0.15) is 0 Å². The van der Waals surface area contributed by atoms with Gasteiger partial charge in [-0.3, -0.25) is 4.79 Å². The summed E-state index contributed by atoms with van der Waals surface area (Å²) in [6.45, 7) is 12.1. The van der Waals surface area contributed by atoms with Crippen LogP contribution in [0, 0.1) is 11.7 Å². The summed E-state index contributed by atoms with van der Waals surface area (Å²) in [5.74, 6) is 2.03. The molecule has 5 heteroatoms. The van der Waals surface area contributed by atoms with E-state index in [2.05, 4.69) is 44.7 Å². The predicted octanol–water partition coefficient (Wildman–Crippen LogP) is 8.87. The Kier molecular flexibility index (Phi) is 9.53. The number of carbonyl (C=O) groups is 1. The van der Waals surface area contributed by atoms with E-state index in [9.17, 15) is 9.18 Å². The van der Waals surface area contributed by atoms with Crippen LogP contribution in [0.1, 0.15) is 115 Å². The van der Waals surface area contributed by atoms with E-state index in [0.717, 1.165) is 87.0 Å². The number of ether oxygens (including phenoxy) is 2. The molecular weight excluding hydrogens is 513 g/mol. The number of likely N-dealkylation sites (tertiary alicyclic amines) is 1. The Bertz CT molecular complexity index is 1240. The molecule has 0 amide bonds. The molecule has 5 rings (SSSR count). The zero-order valence-electron chi connectivity index (χ0n) is 25.6. The summed E-state index contributed by atoms with van der Waals surface area (Å²) in [5.41, 5.74) is 5.59. The molecule has 4 nitrogen and oxygen atoms in total. The Morgan fingerprint density at radius 3 is 2.63 bits per heavy atom. The lowest BCUT2D eigenvalue weighted by Crippen LogP contribution is -2.37. The number of rotatable bonds is 10. The molecule has 2 aromatic carbocycles. The van der Waals surface area contributed by atoms with Crippen LogP contribution in [0.25, 0.3) is 5.57 Å². The number of esters is 1. The third-order valence-electron chi connectivity index (χ3n) is 9.40. The van der Waals surface area contributed by atoms with Gasteiger partial charge in [-0.15, -0.1) is 0 Å². The third-order valence-corrected chi connectivity index (χ3v) is 9.40. The number of piperidine rings is 1. The standard InChI is InChI=1S/C36H48FNO3/c1-25-13-18-31-30(22-25)35-32(40-34(39)12-9-21-38-19-6-5-7-20-38)23-28(24-33(35)41-36(31,3)4)26(2)10-8-11-27-14-16-29(37)17-15-27/h14-17,23-26H,5-13,18-22H2,1-4H3. The first-order chi connectivity index (χ1) is 19.7. The van der Waals surface area contributed by atoms with Crippen LogP contribution in [-0.4, -0.2) is 36.1 Å². The fourth-order valence-electron chi connectivity index (χ4n) is 6.96. The first-order valence-corrected chi connectivity index (χ1v) is 16.0. The van der Waals surface area contributed by atoms with Crippen molar-refractivity contribution in [2.24, 2.45) is 5.92 Å². The highest BCUT2D eigenvalue weighted by Crippen LogP contribution is 2.52. The van der Waals surface area contributed by atoms with Crippen LogP contribution in [0.4, 0.5) is 4.39 Å². The summed E-state index contributed by atoms with van der Waals surface area (Å²) in [5, 5.41) is 0. The van der Waals surface area contributed by atoms with Crippen molar-refractivity contribution >= 4 is 11.5 Å². The van der Waals surface area contributed by atoms with E-state index in [1.807, 2.05) is 12.1 Å². The maximum absolute atomic E-state index is 13.3. The molecule has 1 saturated heterocycles. The van der Waals surface area contributed by atoms with E-state index in [1.165, 1.54) is 42.5 Å². The smallest absolute Gasteiger partial charge is 0.311 e. The number of benzene rings is 2. The zero-order valence-corrected chi connectivity index (χ0v) is 25.6. The van der Waals surface area contributed by atoms with Gasteiger partial charge in [0.2, 0.25) is 0 Å². The number of halogens is 1. The summed E-state index contributed by atoms with van der Waals surface area (Å²) >= 11 is 0. The van der Waals surface area contributed by atoms with Crippen molar-refractivity contribution in [2.45, 2.75) is 110 Å². The number of hydrogen-bond donors (Lipinski definition) is 0. The van der Waals surface area contributed by atoms with E-state index in [1.54, 1.807) is 0 Å². The zero-order chi connectivity index (χ0) is 29.0. The number of allylic oxidation sites excluding steroid dienone is 1. The van der Waals surface area contributed by atoms with Crippen LogP contribution in [0.3, 0.4) is 0 Å². The lowest BCUT2D eigenvalue weighted by atomic mass is 9.74. The first-order valence-electron chi connectivity index (χ1n) is 16.0. The largest absolute Gasteiger partial charge is 0.483 e. The van der Waals surface area contributed by atoms with Gasteiger partial charge in [-0.05, 0) is 150 Å². The highest BCUT2D eigenvalue weighted by atomic mass is 19.1. The average molecular weight is 562 g/mol. The first kappa shape index (κ1) is 29.8. The fraction of sp³-hybridized carbons (Fsp3) is 0.583. The maximum Gasteiger partial charge on any atom is 0.311 e. The van der Waals surface area contributed by atoms with Crippen molar-refractivity contribution in [2.75, 3.05) is 19.6 Å². The van der Waals surface area contributed by atoms with Gasteiger partial charge in [-0.1, -0.05) is 32.4 Å². The van der Waals surface area contributed by atoms with Gasteiger partial charge in [0.15, 0.2) is 0 Å². The minimum atomic E-state index is -0.372. The highest BCUT2D eigenvalue weighted by Gasteiger charge is 2.39. The number of carbonyl (C=O) groups excluding carboxylic acids is 1. The monoisotopic (exact) mass is 561 g/mol. The Morgan fingerprint density at radius 1 is 1.12 bits per heavy atom. The molecule has 2 atom stereocenters. The quantitative estimate of drug-likeness (QED) is 0.215. The van der Waals surface area contributed by atoms with Gasteiger partial charge in [0, 0.05) is 6.42 Å². The summed E-state index contributed by atoms with van der Waals surface area (Å²) < 4.78 is 26.2. The van der Waals surface area contributed by atoms with Gasteiger partial charge >= 0.3 is 5.97 Å². The van der Waals surface area contributed by atoms with Crippen molar-refractivity contribution in [1.29, 1.82) is 0 Å². The molecule has 1 aliphatic carbocycles. The molecule has 41 heavy (non-hydrogen) atoms. The molecule has 0 spiro atoms. The summed E-state index contributed by atoms with van der Waals surface area (Å²) in [4.78, 5) is 15.7. The van der Waals surface area contributed by atoms with Gasteiger partial charge < -0.3 is 14.4 Å². The van der Waals surface area contributed by atoms with Gasteiger partial charge in [0.25, 0.3) is 0 Å². The van der Waals surface area contributed by atoms with Crippen molar-refractivity contribution in [3.63, 3.8) is 0 Å². The van der Waals surface area contributed by atoms with Crippen molar-refractivity contribution < 1.29 is 18.7 Å². The molecule has 0 bridgehead atoms. The molecule has 3 aliphatic rings. The van der Waals surface area contributed by atoms with E-state index in [0.29, 0.717) is 18.1 Å². The Morgan fingerprint density at radius 2 is 1.88 bits per heavy atom. The molecule has 2 aliphatic heterocycles.